The molecule has 0 bridgehead atoms. The van der Waals surface area contributed by atoms with Crippen LogP contribution in [0.2, 0.25) is 0 Å². The SMILES string of the molecule is CC(C)[C@H](O)[C@H](N)c1ccc(O)c2ccccc12.Cl. The Hall–Kier alpha value is -1.29. The van der Waals surface area contributed by atoms with Crippen molar-refractivity contribution in [1.82, 2.24) is 0 Å². The van der Waals surface area contributed by atoms with Gasteiger partial charge in [0.15, 0.2) is 0 Å². The molecule has 19 heavy (non-hydrogen) atoms. The van der Waals surface area contributed by atoms with Gasteiger partial charge in [-0.3, -0.25) is 0 Å². The quantitative estimate of drug-likeness (QED) is 0.810. The highest BCUT2D eigenvalue weighted by Gasteiger charge is 2.22. The van der Waals surface area contributed by atoms with Crippen molar-refractivity contribution < 1.29 is 10.2 Å². The molecular formula is C15H20ClNO2. The number of aromatic hydroxyl groups is 1. The number of benzene rings is 2. The molecule has 2 aromatic rings. The van der Waals surface area contributed by atoms with Crippen molar-refractivity contribution in [3.05, 3.63) is 42.0 Å². The van der Waals surface area contributed by atoms with Crippen molar-refractivity contribution in [3.8, 4) is 5.75 Å². The molecule has 104 valence electrons. The average molecular weight is 282 g/mol. The Bertz CT molecular complexity index is 557. The fraction of sp³-hybridized carbons (Fsp3) is 0.333. The van der Waals surface area contributed by atoms with Crippen molar-refractivity contribution in [2.45, 2.75) is 26.0 Å². The summed E-state index contributed by atoms with van der Waals surface area (Å²) in [4.78, 5) is 0. The summed E-state index contributed by atoms with van der Waals surface area (Å²) >= 11 is 0. The van der Waals surface area contributed by atoms with Crippen LogP contribution in [0.5, 0.6) is 5.75 Å². The van der Waals surface area contributed by atoms with E-state index in [1.807, 2.05) is 38.1 Å². The van der Waals surface area contributed by atoms with Gasteiger partial charge >= 0.3 is 0 Å². The number of phenolic OH excluding ortho intramolecular Hbond substituents is 1. The number of nitrogens with two attached hydrogens (primary N) is 1. The summed E-state index contributed by atoms with van der Waals surface area (Å²) < 4.78 is 0. The van der Waals surface area contributed by atoms with Crippen molar-refractivity contribution in [1.29, 1.82) is 0 Å². The summed E-state index contributed by atoms with van der Waals surface area (Å²) in [5.41, 5.74) is 6.99. The molecule has 0 aromatic heterocycles. The van der Waals surface area contributed by atoms with Crippen LogP contribution < -0.4 is 5.73 Å². The Morgan fingerprint density at radius 1 is 1.00 bits per heavy atom. The summed E-state index contributed by atoms with van der Waals surface area (Å²) in [5.74, 6) is 0.327. The Labute approximate surface area is 119 Å². The van der Waals surface area contributed by atoms with Gasteiger partial charge in [-0.25, -0.2) is 0 Å². The number of aliphatic hydroxyl groups excluding tert-OH is 1. The molecule has 0 aliphatic heterocycles. The lowest BCUT2D eigenvalue weighted by molar-refractivity contribution is 0.0984. The van der Waals surface area contributed by atoms with Crippen LogP contribution in [0.15, 0.2) is 36.4 Å². The van der Waals surface area contributed by atoms with Gasteiger partial charge in [0, 0.05) is 5.39 Å². The molecule has 0 unspecified atom stereocenters. The van der Waals surface area contributed by atoms with E-state index >= 15 is 0 Å². The molecule has 0 radical (unpaired) electrons. The molecule has 2 atom stereocenters. The monoisotopic (exact) mass is 281 g/mol. The number of phenols is 1. The topological polar surface area (TPSA) is 66.5 Å². The third-order valence-electron chi connectivity index (χ3n) is 3.34. The van der Waals surface area contributed by atoms with Gasteiger partial charge in [-0.1, -0.05) is 44.2 Å². The first-order chi connectivity index (χ1) is 8.52. The average Bonchev–Trinajstić information content (AvgIpc) is 2.38. The third kappa shape index (κ3) is 3.00. The number of aliphatic hydroxyl groups is 1. The summed E-state index contributed by atoms with van der Waals surface area (Å²) in [7, 11) is 0. The zero-order valence-corrected chi connectivity index (χ0v) is 11.9. The van der Waals surface area contributed by atoms with Crippen LogP contribution in [0.1, 0.15) is 25.5 Å². The van der Waals surface area contributed by atoms with Crippen molar-refractivity contribution in [3.63, 3.8) is 0 Å². The van der Waals surface area contributed by atoms with Crippen LogP contribution in [-0.4, -0.2) is 16.3 Å². The first-order valence-corrected chi connectivity index (χ1v) is 6.16. The second kappa shape index (κ2) is 6.24. The highest BCUT2D eigenvalue weighted by molar-refractivity contribution is 5.91. The van der Waals surface area contributed by atoms with E-state index in [2.05, 4.69) is 0 Å². The molecular weight excluding hydrogens is 262 g/mol. The van der Waals surface area contributed by atoms with Crippen LogP contribution in [0, 0.1) is 5.92 Å². The maximum Gasteiger partial charge on any atom is 0.123 e. The van der Waals surface area contributed by atoms with Gasteiger partial charge in [-0.2, -0.15) is 0 Å². The van der Waals surface area contributed by atoms with E-state index in [4.69, 9.17) is 5.73 Å². The molecule has 0 saturated heterocycles. The lowest BCUT2D eigenvalue weighted by atomic mass is 9.91. The molecule has 4 heteroatoms. The van der Waals surface area contributed by atoms with Crippen LogP contribution in [-0.2, 0) is 0 Å². The fourth-order valence-electron chi connectivity index (χ4n) is 2.20. The van der Waals surface area contributed by atoms with Crippen LogP contribution >= 0.6 is 12.4 Å². The number of halogens is 1. The van der Waals surface area contributed by atoms with E-state index < -0.39 is 12.1 Å². The first kappa shape index (κ1) is 15.8. The lowest BCUT2D eigenvalue weighted by Gasteiger charge is -2.23. The van der Waals surface area contributed by atoms with Crippen molar-refractivity contribution >= 4 is 23.2 Å². The van der Waals surface area contributed by atoms with Gasteiger partial charge in [0.05, 0.1) is 12.1 Å². The second-order valence-corrected chi connectivity index (χ2v) is 4.98. The van der Waals surface area contributed by atoms with Gasteiger partial charge in [0.2, 0.25) is 0 Å². The van der Waals surface area contributed by atoms with Gasteiger partial charge in [0.1, 0.15) is 5.75 Å². The Balaban J connectivity index is 0.00000180. The highest BCUT2D eigenvalue weighted by atomic mass is 35.5. The molecule has 0 saturated carbocycles. The van der Waals surface area contributed by atoms with E-state index in [1.165, 1.54) is 0 Å². The Kier molecular flexibility index (Phi) is 5.18. The number of hydrogen-bond donors (Lipinski definition) is 3. The van der Waals surface area contributed by atoms with E-state index in [0.717, 1.165) is 16.3 Å². The molecule has 0 spiro atoms. The number of fused-ring (bicyclic) bond motifs is 1. The normalized spacial score (nSPS) is 14.2. The molecule has 4 N–H and O–H groups in total. The minimum Gasteiger partial charge on any atom is -0.507 e. The van der Waals surface area contributed by atoms with E-state index in [9.17, 15) is 10.2 Å². The molecule has 0 heterocycles. The van der Waals surface area contributed by atoms with Gasteiger partial charge in [0.25, 0.3) is 0 Å². The predicted molar refractivity (Wildman–Crippen MR) is 80.6 cm³/mol. The molecule has 0 fully saturated rings. The molecule has 2 rings (SSSR count). The first-order valence-electron chi connectivity index (χ1n) is 6.16. The Morgan fingerprint density at radius 2 is 1.58 bits per heavy atom. The highest BCUT2D eigenvalue weighted by Crippen LogP contribution is 2.32. The molecule has 3 nitrogen and oxygen atoms in total. The van der Waals surface area contributed by atoms with Crippen LogP contribution in [0.25, 0.3) is 10.8 Å². The third-order valence-corrected chi connectivity index (χ3v) is 3.34. The molecule has 0 aliphatic carbocycles. The molecule has 2 aromatic carbocycles. The van der Waals surface area contributed by atoms with Crippen LogP contribution in [0.3, 0.4) is 0 Å². The maximum absolute atomic E-state index is 10.1. The summed E-state index contributed by atoms with van der Waals surface area (Å²) in [6.07, 6.45) is -0.599. The zero-order valence-electron chi connectivity index (χ0n) is 11.1. The number of rotatable bonds is 3. The van der Waals surface area contributed by atoms with E-state index in [1.54, 1.807) is 12.1 Å². The minimum absolute atomic E-state index is 0. The van der Waals surface area contributed by atoms with Gasteiger partial charge < -0.3 is 15.9 Å². The zero-order chi connectivity index (χ0) is 13.3. The van der Waals surface area contributed by atoms with Crippen molar-refractivity contribution in [2.75, 3.05) is 0 Å². The second-order valence-electron chi connectivity index (χ2n) is 4.98. The smallest absolute Gasteiger partial charge is 0.123 e. The largest absolute Gasteiger partial charge is 0.507 e. The molecule has 0 amide bonds. The van der Waals surface area contributed by atoms with Crippen molar-refractivity contribution in [2.24, 2.45) is 11.7 Å². The van der Waals surface area contributed by atoms with E-state index in [0.29, 0.717) is 0 Å². The maximum atomic E-state index is 10.1. The summed E-state index contributed by atoms with van der Waals surface area (Å²) in [5, 5.41) is 21.6. The predicted octanol–water partition coefficient (Wildman–Crippen LogP) is 2.98. The molecule has 0 aliphatic rings. The standard InChI is InChI=1S/C15H19NO2.ClH/c1-9(2)15(18)14(16)12-7-8-13(17)11-6-4-3-5-10(11)12;/h3-9,14-15,17-18H,16H2,1-2H3;1H/t14-,15+;/m1./s1. The van der Waals surface area contributed by atoms with Gasteiger partial charge in [-0.05, 0) is 22.9 Å². The van der Waals surface area contributed by atoms with Crippen LogP contribution in [0.4, 0.5) is 0 Å². The summed E-state index contributed by atoms with van der Waals surface area (Å²) in [6.45, 7) is 3.88. The lowest BCUT2D eigenvalue weighted by Crippen LogP contribution is -2.30. The number of hydrogen-bond acceptors (Lipinski definition) is 3. The Morgan fingerprint density at radius 3 is 2.16 bits per heavy atom. The fourth-order valence-corrected chi connectivity index (χ4v) is 2.20. The van der Waals surface area contributed by atoms with Gasteiger partial charge in [-0.15, -0.1) is 12.4 Å². The summed E-state index contributed by atoms with van der Waals surface area (Å²) in [6, 6.07) is 10.5. The van der Waals surface area contributed by atoms with E-state index in [-0.39, 0.29) is 24.1 Å². The minimum atomic E-state index is -0.599.